The minimum Gasteiger partial charge on any atom is -0.478 e. The topological polar surface area (TPSA) is 59.4 Å². The molecule has 1 aromatic carbocycles. The molecule has 92 valence electrons. The number of carboxylic acids is 1. The molecule has 0 aliphatic rings. The van der Waals surface area contributed by atoms with Crippen molar-refractivity contribution in [3.63, 3.8) is 0 Å². The van der Waals surface area contributed by atoms with Crippen LogP contribution in [0, 0.1) is 5.82 Å². The fraction of sp³-hybridized carbons (Fsp3) is 0. The molecule has 0 atom stereocenters. The summed E-state index contributed by atoms with van der Waals surface area (Å²) in [5.41, 5.74) is -0.237. The van der Waals surface area contributed by atoms with Gasteiger partial charge in [-0.1, -0.05) is 0 Å². The average Bonchev–Trinajstić information content (AvgIpc) is 2.34. The number of pyridine rings is 1. The van der Waals surface area contributed by atoms with Gasteiger partial charge < -0.3 is 9.84 Å². The van der Waals surface area contributed by atoms with Crippen LogP contribution in [0.2, 0.25) is 0 Å². The second-order valence-corrected chi connectivity index (χ2v) is 4.21. The highest BCUT2D eigenvalue weighted by molar-refractivity contribution is 9.10. The smallest absolute Gasteiger partial charge is 0.339 e. The predicted octanol–water partition coefficient (Wildman–Crippen LogP) is 3.47. The number of carboxylic acid groups (broad SMARTS) is 1. The number of rotatable bonds is 3. The predicted molar refractivity (Wildman–Crippen MR) is 65.4 cm³/mol. The molecule has 0 amide bonds. The highest BCUT2D eigenvalue weighted by atomic mass is 79.9. The first-order valence-electron chi connectivity index (χ1n) is 4.88. The molecule has 1 heterocycles. The molecule has 0 aliphatic carbocycles. The molecular formula is C12H7BrFNO3. The lowest BCUT2D eigenvalue weighted by Crippen LogP contribution is -2.01. The van der Waals surface area contributed by atoms with Gasteiger partial charge >= 0.3 is 5.97 Å². The zero-order chi connectivity index (χ0) is 13.1. The minimum atomic E-state index is -1.25. The van der Waals surface area contributed by atoms with Crippen molar-refractivity contribution in [1.82, 2.24) is 4.98 Å². The number of nitrogens with zero attached hydrogens (tertiary/aromatic N) is 1. The van der Waals surface area contributed by atoms with Gasteiger partial charge in [-0.15, -0.1) is 0 Å². The molecule has 0 unspecified atom stereocenters. The van der Waals surface area contributed by atoms with Crippen LogP contribution in [0.25, 0.3) is 0 Å². The molecule has 0 saturated heterocycles. The summed E-state index contributed by atoms with van der Waals surface area (Å²) in [6.45, 7) is 0. The Labute approximate surface area is 110 Å². The van der Waals surface area contributed by atoms with Crippen molar-refractivity contribution in [3.8, 4) is 11.5 Å². The van der Waals surface area contributed by atoms with E-state index < -0.39 is 11.8 Å². The van der Waals surface area contributed by atoms with E-state index in [4.69, 9.17) is 9.84 Å². The van der Waals surface area contributed by atoms with Crippen molar-refractivity contribution in [2.45, 2.75) is 0 Å². The molecule has 0 spiro atoms. The van der Waals surface area contributed by atoms with Crippen molar-refractivity contribution < 1.29 is 19.0 Å². The van der Waals surface area contributed by atoms with Crippen LogP contribution in [0.15, 0.2) is 41.1 Å². The van der Waals surface area contributed by atoms with E-state index in [-0.39, 0.29) is 11.3 Å². The van der Waals surface area contributed by atoms with Crippen LogP contribution < -0.4 is 4.74 Å². The molecule has 0 fully saturated rings. The van der Waals surface area contributed by atoms with Gasteiger partial charge in [0.2, 0.25) is 0 Å². The third-order valence-electron chi connectivity index (χ3n) is 2.13. The average molecular weight is 312 g/mol. The summed E-state index contributed by atoms with van der Waals surface area (Å²) in [6.07, 6.45) is 3.02. The number of carbonyl (C=O) groups is 1. The zero-order valence-corrected chi connectivity index (χ0v) is 10.5. The van der Waals surface area contributed by atoms with Crippen molar-refractivity contribution >= 4 is 21.9 Å². The quantitative estimate of drug-likeness (QED) is 0.943. The maximum absolute atomic E-state index is 13.0. The van der Waals surface area contributed by atoms with Gasteiger partial charge in [0.15, 0.2) is 0 Å². The van der Waals surface area contributed by atoms with E-state index in [2.05, 4.69) is 20.9 Å². The van der Waals surface area contributed by atoms with Gasteiger partial charge in [-0.25, -0.2) is 9.18 Å². The van der Waals surface area contributed by atoms with Crippen molar-refractivity contribution in [3.05, 3.63) is 52.5 Å². The molecule has 0 saturated carbocycles. The summed E-state index contributed by atoms with van der Waals surface area (Å²) in [5, 5.41) is 8.97. The van der Waals surface area contributed by atoms with E-state index in [9.17, 15) is 9.18 Å². The van der Waals surface area contributed by atoms with Crippen LogP contribution in [-0.2, 0) is 0 Å². The van der Waals surface area contributed by atoms with Crippen LogP contribution in [0.5, 0.6) is 11.5 Å². The second-order valence-electron chi connectivity index (χ2n) is 3.35. The Hall–Kier alpha value is -1.95. The second kappa shape index (κ2) is 5.14. The summed E-state index contributed by atoms with van der Waals surface area (Å²) in [5.74, 6) is -1.42. The maximum Gasteiger partial charge on any atom is 0.339 e. The third kappa shape index (κ3) is 2.65. The Morgan fingerprint density at radius 3 is 2.78 bits per heavy atom. The fourth-order valence-electron chi connectivity index (χ4n) is 1.32. The lowest BCUT2D eigenvalue weighted by molar-refractivity contribution is 0.0693. The minimum absolute atomic E-state index is 0.0656. The number of hydrogen-bond donors (Lipinski definition) is 1. The molecule has 0 radical (unpaired) electrons. The molecule has 4 nitrogen and oxygen atoms in total. The Morgan fingerprint density at radius 1 is 1.33 bits per heavy atom. The summed E-state index contributed by atoms with van der Waals surface area (Å²) < 4.78 is 19.0. The lowest BCUT2D eigenvalue weighted by atomic mass is 10.2. The molecule has 0 aliphatic heterocycles. The number of aromatic carboxylic acids is 1. The standard InChI is InChI=1S/C12H7BrFNO3/c13-9-6-15-4-3-11(9)18-10-2-1-7(14)5-8(10)12(16)17/h1-6H,(H,16,17). The maximum atomic E-state index is 13.0. The molecule has 2 rings (SSSR count). The third-order valence-corrected chi connectivity index (χ3v) is 2.72. The first kappa shape index (κ1) is 12.5. The molecule has 0 bridgehead atoms. The van der Waals surface area contributed by atoms with E-state index in [1.54, 1.807) is 6.07 Å². The van der Waals surface area contributed by atoms with Crippen LogP contribution in [0.3, 0.4) is 0 Å². The number of aromatic nitrogens is 1. The summed E-state index contributed by atoms with van der Waals surface area (Å²) >= 11 is 3.22. The van der Waals surface area contributed by atoms with Crippen molar-refractivity contribution in [2.75, 3.05) is 0 Å². The first-order chi connectivity index (χ1) is 8.58. The van der Waals surface area contributed by atoms with Crippen LogP contribution >= 0.6 is 15.9 Å². The highest BCUT2D eigenvalue weighted by Gasteiger charge is 2.14. The Bertz CT molecular complexity index is 604. The first-order valence-corrected chi connectivity index (χ1v) is 5.67. The van der Waals surface area contributed by atoms with Gasteiger partial charge in [0.25, 0.3) is 0 Å². The SMILES string of the molecule is O=C(O)c1cc(F)ccc1Oc1ccncc1Br. The van der Waals surface area contributed by atoms with Gasteiger partial charge in [-0.3, -0.25) is 4.98 Å². The Balaban J connectivity index is 2.41. The van der Waals surface area contributed by atoms with Gasteiger partial charge in [0, 0.05) is 18.5 Å². The molecule has 1 N–H and O–H groups in total. The monoisotopic (exact) mass is 311 g/mol. The zero-order valence-electron chi connectivity index (χ0n) is 8.93. The Morgan fingerprint density at radius 2 is 2.11 bits per heavy atom. The number of halogens is 2. The van der Waals surface area contributed by atoms with E-state index in [0.29, 0.717) is 10.2 Å². The van der Waals surface area contributed by atoms with Crippen molar-refractivity contribution in [1.29, 1.82) is 0 Å². The number of ether oxygens (including phenoxy) is 1. The number of benzene rings is 1. The molecule has 1 aromatic heterocycles. The number of hydrogen-bond acceptors (Lipinski definition) is 3. The molecular weight excluding hydrogens is 305 g/mol. The Kier molecular flexibility index (Phi) is 3.57. The molecule has 2 aromatic rings. The van der Waals surface area contributed by atoms with Gasteiger partial charge in [-0.2, -0.15) is 0 Å². The van der Waals surface area contributed by atoms with E-state index in [1.807, 2.05) is 0 Å². The highest BCUT2D eigenvalue weighted by Crippen LogP contribution is 2.30. The van der Waals surface area contributed by atoms with Crippen molar-refractivity contribution in [2.24, 2.45) is 0 Å². The van der Waals surface area contributed by atoms with Gasteiger partial charge in [0.05, 0.1) is 4.47 Å². The van der Waals surface area contributed by atoms with Crippen LogP contribution in [-0.4, -0.2) is 16.1 Å². The summed E-state index contributed by atoms with van der Waals surface area (Å²) in [4.78, 5) is 14.8. The van der Waals surface area contributed by atoms with Crippen LogP contribution in [0.1, 0.15) is 10.4 Å². The fourth-order valence-corrected chi connectivity index (χ4v) is 1.65. The summed E-state index contributed by atoms with van der Waals surface area (Å²) in [6, 6.07) is 4.88. The largest absolute Gasteiger partial charge is 0.478 e. The van der Waals surface area contributed by atoms with Crippen LogP contribution in [0.4, 0.5) is 4.39 Å². The normalized spacial score (nSPS) is 10.1. The van der Waals surface area contributed by atoms with E-state index >= 15 is 0 Å². The van der Waals surface area contributed by atoms with E-state index in [1.165, 1.54) is 18.5 Å². The molecule has 6 heteroatoms. The molecule has 18 heavy (non-hydrogen) atoms. The van der Waals surface area contributed by atoms with E-state index in [0.717, 1.165) is 12.1 Å². The lowest BCUT2D eigenvalue weighted by Gasteiger charge is -2.09. The van der Waals surface area contributed by atoms with Gasteiger partial charge in [0.1, 0.15) is 22.9 Å². The summed E-state index contributed by atoms with van der Waals surface area (Å²) in [7, 11) is 0. The van der Waals surface area contributed by atoms with Gasteiger partial charge in [-0.05, 0) is 34.1 Å².